The second-order valence-electron chi connectivity index (χ2n) is 3.73. The number of nitrogens with zero attached hydrogens (tertiary/aromatic N) is 3. The lowest BCUT2D eigenvalue weighted by atomic mass is 10.2. The van der Waals surface area contributed by atoms with E-state index in [4.69, 9.17) is 10.3 Å². The van der Waals surface area contributed by atoms with Gasteiger partial charge in [-0.2, -0.15) is 0 Å². The van der Waals surface area contributed by atoms with Gasteiger partial charge in [0.15, 0.2) is 5.76 Å². The van der Waals surface area contributed by atoms with Crippen molar-refractivity contribution in [1.82, 2.24) is 15.1 Å². The van der Waals surface area contributed by atoms with E-state index in [0.717, 1.165) is 29.3 Å². The molecule has 3 N–H and O–H groups in total. The van der Waals surface area contributed by atoms with Crippen LogP contribution in [0.25, 0.3) is 0 Å². The molecule has 0 saturated heterocycles. The van der Waals surface area contributed by atoms with Crippen LogP contribution in [-0.2, 0) is 13.0 Å². The predicted octanol–water partition coefficient (Wildman–Crippen LogP) is 1.53. The van der Waals surface area contributed by atoms with E-state index in [-0.39, 0.29) is 0 Å². The third-order valence-electron chi connectivity index (χ3n) is 2.44. The van der Waals surface area contributed by atoms with Gasteiger partial charge >= 0.3 is 0 Å². The van der Waals surface area contributed by atoms with Crippen LogP contribution in [0.5, 0.6) is 0 Å². The molecule has 0 amide bonds. The summed E-state index contributed by atoms with van der Waals surface area (Å²) in [5.41, 5.74) is 7.56. The van der Waals surface area contributed by atoms with Gasteiger partial charge in [0.2, 0.25) is 0 Å². The average molecular weight is 233 g/mol. The fourth-order valence-electron chi connectivity index (χ4n) is 1.60. The molecule has 0 aromatic carbocycles. The molecule has 0 aliphatic rings. The van der Waals surface area contributed by atoms with Crippen molar-refractivity contribution in [3.05, 3.63) is 29.4 Å². The molecule has 0 aliphatic carbocycles. The van der Waals surface area contributed by atoms with Gasteiger partial charge < -0.3 is 15.6 Å². The SMILES string of the molecule is CCc1c(N)ncnc1NCc1cc(C)no1. The lowest BCUT2D eigenvalue weighted by Crippen LogP contribution is -2.07. The lowest BCUT2D eigenvalue weighted by molar-refractivity contribution is 0.384. The lowest BCUT2D eigenvalue weighted by Gasteiger charge is -2.09. The molecule has 2 rings (SSSR count). The number of aromatic nitrogens is 3. The summed E-state index contributed by atoms with van der Waals surface area (Å²) in [4.78, 5) is 8.13. The monoisotopic (exact) mass is 233 g/mol. The second kappa shape index (κ2) is 4.82. The van der Waals surface area contributed by atoms with Crippen molar-refractivity contribution in [3.8, 4) is 0 Å². The van der Waals surface area contributed by atoms with Gasteiger partial charge in [-0.15, -0.1) is 0 Å². The van der Waals surface area contributed by atoms with Gasteiger partial charge in [-0.1, -0.05) is 12.1 Å². The van der Waals surface area contributed by atoms with E-state index in [1.807, 2.05) is 19.9 Å². The van der Waals surface area contributed by atoms with Gasteiger partial charge in [0.1, 0.15) is 18.0 Å². The number of nitrogen functional groups attached to an aromatic ring is 1. The van der Waals surface area contributed by atoms with Crippen LogP contribution >= 0.6 is 0 Å². The first-order valence-electron chi connectivity index (χ1n) is 5.46. The minimum Gasteiger partial charge on any atom is -0.383 e. The molecule has 2 aromatic heterocycles. The highest BCUT2D eigenvalue weighted by molar-refractivity contribution is 5.54. The Bertz CT molecular complexity index is 508. The maximum atomic E-state index is 5.78. The van der Waals surface area contributed by atoms with Gasteiger partial charge in [0.05, 0.1) is 12.2 Å². The predicted molar refractivity (Wildman–Crippen MR) is 64.4 cm³/mol. The Morgan fingerprint density at radius 3 is 2.88 bits per heavy atom. The van der Waals surface area contributed by atoms with Crippen molar-refractivity contribution < 1.29 is 4.52 Å². The molecular formula is C11H15N5O. The summed E-state index contributed by atoms with van der Waals surface area (Å²) < 4.78 is 5.10. The molecule has 0 fully saturated rings. The van der Waals surface area contributed by atoms with Crippen LogP contribution in [0.3, 0.4) is 0 Å². The standard InChI is InChI=1S/C11H15N5O/c1-3-9-10(12)14-6-15-11(9)13-5-8-4-7(2)16-17-8/h4,6H,3,5H2,1-2H3,(H3,12,13,14,15). The summed E-state index contributed by atoms with van der Waals surface area (Å²) >= 11 is 0. The first-order valence-corrected chi connectivity index (χ1v) is 5.46. The third-order valence-corrected chi connectivity index (χ3v) is 2.44. The number of hydrogen-bond acceptors (Lipinski definition) is 6. The van der Waals surface area contributed by atoms with E-state index in [1.165, 1.54) is 6.33 Å². The quantitative estimate of drug-likeness (QED) is 0.832. The van der Waals surface area contributed by atoms with E-state index in [9.17, 15) is 0 Å². The topological polar surface area (TPSA) is 89.9 Å². The minimum atomic E-state index is 0.513. The number of nitrogens with two attached hydrogens (primary N) is 1. The second-order valence-corrected chi connectivity index (χ2v) is 3.73. The molecule has 0 unspecified atom stereocenters. The fourth-order valence-corrected chi connectivity index (χ4v) is 1.60. The average Bonchev–Trinajstić information content (AvgIpc) is 2.72. The molecule has 2 aromatic rings. The molecule has 0 saturated carbocycles. The van der Waals surface area contributed by atoms with Gasteiger partial charge in [-0.25, -0.2) is 9.97 Å². The van der Waals surface area contributed by atoms with E-state index < -0.39 is 0 Å². The molecule has 0 atom stereocenters. The number of nitrogens with one attached hydrogen (secondary N) is 1. The summed E-state index contributed by atoms with van der Waals surface area (Å²) in [5, 5.41) is 6.99. The highest BCUT2D eigenvalue weighted by Gasteiger charge is 2.08. The maximum Gasteiger partial charge on any atom is 0.156 e. The fraction of sp³-hybridized carbons (Fsp3) is 0.364. The first kappa shape index (κ1) is 11.4. The highest BCUT2D eigenvalue weighted by atomic mass is 16.5. The normalized spacial score (nSPS) is 10.5. The molecule has 0 bridgehead atoms. The molecule has 17 heavy (non-hydrogen) atoms. The summed E-state index contributed by atoms with van der Waals surface area (Å²) in [6.45, 7) is 4.43. The van der Waals surface area contributed by atoms with Crippen molar-refractivity contribution in [2.24, 2.45) is 0 Å². The number of aryl methyl sites for hydroxylation is 1. The molecule has 0 aliphatic heterocycles. The van der Waals surface area contributed by atoms with E-state index in [0.29, 0.717) is 12.4 Å². The van der Waals surface area contributed by atoms with Gasteiger partial charge in [-0.3, -0.25) is 0 Å². The van der Waals surface area contributed by atoms with Gasteiger partial charge in [0.25, 0.3) is 0 Å². The Morgan fingerprint density at radius 2 is 2.24 bits per heavy atom. The Kier molecular flexibility index (Phi) is 3.22. The Hall–Kier alpha value is -2.11. The Morgan fingerprint density at radius 1 is 1.41 bits per heavy atom. The van der Waals surface area contributed by atoms with Crippen molar-refractivity contribution in [2.45, 2.75) is 26.8 Å². The summed E-state index contributed by atoms with van der Waals surface area (Å²) in [6.07, 6.45) is 2.23. The van der Waals surface area contributed by atoms with Gasteiger partial charge in [-0.05, 0) is 13.3 Å². The van der Waals surface area contributed by atoms with Crippen molar-refractivity contribution >= 4 is 11.6 Å². The van der Waals surface area contributed by atoms with Crippen molar-refractivity contribution in [2.75, 3.05) is 11.1 Å². The van der Waals surface area contributed by atoms with E-state index in [2.05, 4.69) is 20.4 Å². The number of anilines is 2. The van der Waals surface area contributed by atoms with Crippen LogP contribution in [0.2, 0.25) is 0 Å². The Labute approximate surface area is 99.2 Å². The molecule has 2 heterocycles. The van der Waals surface area contributed by atoms with E-state index >= 15 is 0 Å². The summed E-state index contributed by atoms with van der Waals surface area (Å²) in [7, 11) is 0. The van der Waals surface area contributed by atoms with Crippen LogP contribution in [0, 0.1) is 6.92 Å². The summed E-state index contributed by atoms with van der Waals surface area (Å²) in [5.74, 6) is 2.02. The van der Waals surface area contributed by atoms with Crippen LogP contribution in [0.1, 0.15) is 23.9 Å². The number of hydrogen-bond donors (Lipinski definition) is 2. The van der Waals surface area contributed by atoms with Crippen LogP contribution in [0.4, 0.5) is 11.6 Å². The van der Waals surface area contributed by atoms with Crippen molar-refractivity contribution in [1.29, 1.82) is 0 Å². The minimum absolute atomic E-state index is 0.513. The number of rotatable bonds is 4. The maximum absolute atomic E-state index is 5.78. The third kappa shape index (κ3) is 2.52. The van der Waals surface area contributed by atoms with Gasteiger partial charge in [0, 0.05) is 11.6 Å². The van der Waals surface area contributed by atoms with E-state index in [1.54, 1.807) is 0 Å². The highest BCUT2D eigenvalue weighted by Crippen LogP contribution is 2.18. The molecule has 0 radical (unpaired) electrons. The Balaban J connectivity index is 2.11. The van der Waals surface area contributed by atoms with Crippen LogP contribution in [-0.4, -0.2) is 15.1 Å². The molecule has 6 nitrogen and oxygen atoms in total. The largest absolute Gasteiger partial charge is 0.383 e. The molecule has 6 heteroatoms. The molecular weight excluding hydrogens is 218 g/mol. The zero-order valence-corrected chi connectivity index (χ0v) is 9.90. The zero-order chi connectivity index (χ0) is 12.3. The zero-order valence-electron chi connectivity index (χ0n) is 9.90. The first-order chi connectivity index (χ1) is 8.20. The van der Waals surface area contributed by atoms with Crippen LogP contribution in [0.15, 0.2) is 16.9 Å². The smallest absolute Gasteiger partial charge is 0.156 e. The molecule has 90 valence electrons. The van der Waals surface area contributed by atoms with Crippen LogP contribution < -0.4 is 11.1 Å². The summed E-state index contributed by atoms with van der Waals surface area (Å²) in [6, 6.07) is 1.88. The molecule has 0 spiro atoms. The van der Waals surface area contributed by atoms with Crippen molar-refractivity contribution in [3.63, 3.8) is 0 Å².